The molecule has 0 spiro atoms. The van der Waals surface area contributed by atoms with Crippen molar-refractivity contribution in [3.8, 4) is 0 Å². The molecule has 2 aromatic rings. The van der Waals surface area contributed by atoms with Gasteiger partial charge in [0, 0.05) is 24.3 Å². The molecule has 0 radical (unpaired) electrons. The van der Waals surface area contributed by atoms with Crippen LogP contribution in [0.25, 0.3) is 0 Å². The highest BCUT2D eigenvalue weighted by molar-refractivity contribution is 5.86. The second-order valence-corrected chi connectivity index (χ2v) is 7.30. The summed E-state index contributed by atoms with van der Waals surface area (Å²) in [4.78, 5) is 14.0. The van der Waals surface area contributed by atoms with Gasteiger partial charge in [0.25, 0.3) is 5.91 Å². The Hall–Kier alpha value is -2.89. The van der Waals surface area contributed by atoms with Crippen LogP contribution in [-0.4, -0.2) is 31.8 Å². The van der Waals surface area contributed by atoms with E-state index in [0.29, 0.717) is 11.3 Å². The van der Waals surface area contributed by atoms with E-state index in [0.717, 1.165) is 37.2 Å². The average molecular weight is 382 g/mol. The first kappa shape index (κ1) is 19.9. The van der Waals surface area contributed by atoms with E-state index in [4.69, 9.17) is 0 Å². The number of aryl methyl sites for hydroxylation is 3. The van der Waals surface area contributed by atoms with Crippen molar-refractivity contribution in [1.82, 2.24) is 5.43 Å². The molecule has 0 atom stereocenters. The molecule has 28 heavy (non-hydrogen) atoms. The van der Waals surface area contributed by atoms with Crippen molar-refractivity contribution in [2.45, 2.75) is 33.6 Å². The molecule has 2 aromatic carbocycles. The molecule has 0 aromatic heterocycles. The van der Waals surface area contributed by atoms with Gasteiger partial charge >= 0.3 is 0 Å². The van der Waals surface area contributed by atoms with Crippen molar-refractivity contribution in [3.63, 3.8) is 0 Å². The minimum Gasteiger partial charge on any atom is -0.376 e. The zero-order valence-corrected chi connectivity index (χ0v) is 16.7. The first-order valence-electron chi connectivity index (χ1n) is 9.62. The maximum atomic E-state index is 14.4. The van der Waals surface area contributed by atoms with Gasteiger partial charge in [-0.3, -0.25) is 4.79 Å². The first-order chi connectivity index (χ1) is 13.4. The summed E-state index contributed by atoms with van der Waals surface area (Å²) in [6, 6.07) is 9.28. The lowest BCUT2D eigenvalue weighted by molar-refractivity contribution is -0.119. The number of carbonyl (C=O) groups excluding carboxylic acids is 1. The summed E-state index contributed by atoms with van der Waals surface area (Å²) >= 11 is 0. The van der Waals surface area contributed by atoms with Gasteiger partial charge in [0.2, 0.25) is 0 Å². The highest BCUT2D eigenvalue weighted by Crippen LogP contribution is 2.26. The van der Waals surface area contributed by atoms with Crippen LogP contribution in [0, 0.1) is 26.6 Å². The topological polar surface area (TPSA) is 56.7 Å². The number of hydrogen-bond donors (Lipinski definition) is 2. The van der Waals surface area contributed by atoms with Crippen molar-refractivity contribution in [2.24, 2.45) is 5.10 Å². The third kappa shape index (κ3) is 4.88. The minimum absolute atomic E-state index is 0.112. The van der Waals surface area contributed by atoms with Crippen molar-refractivity contribution < 1.29 is 9.18 Å². The molecule has 5 nitrogen and oxygen atoms in total. The molecule has 2 N–H and O–H groups in total. The van der Waals surface area contributed by atoms with Gasteiger partial charge in [-0.1, -0.05) is 6.07 Å². The quantitative estimate of drug-likeness (QED) is 0.588. The smallest absolute Gasteiger partial charge is 0.259 e. The van der Waals surface area contributed by atoms with E-state index in [2.05, 4.69) is 20.7 Å². The number of hydrazone groups is 1. The Balaban J connectivity index is 1.55. The molecular formula is C22H27FN4O. The predicted octanol–water partition coefficient (Wildman–Crippen LogP) is 3.91. The Labute approximate surface area is 165 Å². The molecule has 1 aliphatic heterocycles. The van der Waals surface area contributed by atoms with E-state index in [1.807, 2.05) is 45.0 Å². The first-order valence-corrected chi connectivity index (χ1v) is 9.62. The summed E-state index contributed by atoms with van der Waals surface area (Å²) in [6.07, 6.45) is 3.69. The van der Waals surface area contributed by atoms with E-state index < -0.39 is 0 Å². The van der Waals surface area contributed by atoms with Crippen molar-refractivity contribution in [1.29, 1.82) is 0 Å². The molecular weight excluding hydrogens is 355 g/mol. The number of benzene rings is 2. The molecule has 3 rings (SSSR count). The van der Waals surface area contributed by atoms with Crippen LogP contribution in [0.5, 0.6) is 0 Å². The Morgan fingerprint density at radius 3 is 2.57 bits per heavy atom. The van der Waals surface area contributed by atoms with Gasteiger partial charge in [-0.05, 0) is 74.6 Å². The maximum absolute atomic E-state index is 14.4. The molecule has 0 saturated carbocycles. The Bertz CT molecular complexity index is 888. The van der Waals surface area contributed by atoms with Crippen LogP contribution in [0.2, 0.25) is 0 Å². The Kier molecular flexibility index (Phi) is 6.29. The molecule has 0 bridgehead atoms. The maximum Gasteiger partial charge on any atom is 0.259 e. The van der Waals surface area contributed by atoms with E-state index >= 15 is 0 Å². The summed E-state index contributed by atoms with van der Waals surface area (Å²) in [5, 5.41) is 7.04. The van der Waals surface area contributed by atoms with E-state index in [9.17, 15) is 9.18 Å². The molecule has 1 saturated heterocycles. The minimum atomic E-state index is -0.263. The van der Waals surface area contributed by atoms with Crippen LogP contribution in [0.3, 0.4) is 0 Å². The number of carbonyl (C=O) groups is 1. The van der Waals surface area contributed by atoms with Crippen LogP contribution in [0.4, 0.5) is 15.8 Å². The second kappa shape index (κ2) is 8.87. The summed E-state index contributed by atoms with van der Waals surface area (Å²) < 4.78 is 14.4. The molecule has 0 aliphatic carbocycles. The molecule has 148 valence electrons. The highest BCUT2D eigenvalue weighted by atomic mass is 19.1. The molecule has 1 amide bonds. The van der Waals surface area contributed by atoms with Crippen LogP contribution in [0.15, 0.2) is 35.4 Å². The van der Waals surface area contributed by atoms with Gasteiger partial charge in [0.1, 0.15) is 5.82 Å². The fourth-order valence-electron chi connectivity index (χ4n) is 3.27. The summed E-state index contributed by atoms with van der Waals surface area (Å²) in [6.45, 7) is 7.90. The normalized spacial score (nSPS) is 13.9. The number of hydrogen-bond acceptors (Lipinski definition) is 4. The van der Waals surface area contributed by atoms with Gasteiger partial charge in [-0.2, -0.15) is 5.10 Å². The number of nitrogens with zero attached hydrogens (tertiary/aromatic N) is 2. The van der Waals surface area contributed by atoms with E-state index in [1.54, 1.807) is 0 Å². The Morgan fingerprint density at radius 2 is 1.86 bits per heavy atom. The van der Waals surface area contributed by atoms with Crippen LogP contribution < -0.4 is 15.6 Å². The largest absolute Gasteiger partial charge is 0.376 e. The van der Waals surface area contributed by atoms with Gasteiger partial charge in [-0.15, -0.1) is 0 Å². The number of nitrogens with one attached hydrogen (secondary N) is 2. The molecule has 1 fully saturated rings. The number of halogens is 1. The van der Waals surface area contributed by atoms with E-state index in [1.165, 1.54) is 23.4 Å². The van der Waals surface area contributed by atoms with Crippen molar-refractivity contribution in [3.05, 3.63) is 58.4 Å². The number of rotatable bonds is 6. The summed E-state index contributed by atoms with van der Waals surface area (Å²) in [5.41, 5.74) is 7.97. The molecule has 6 heteroatoms. The van der Waals surface area contributed by atoms with Crippen LogP contribution >= 0.6 is 0 Å². The SMILES string of the molecule is Cc1ccc(NCC(=O)NN=Cc2cc(F)c(N3CCCC3)cc2C)cc1C. The lowest BCUT2D eigenvalue weighted by atomic mass is 10.1. The monoisotopic (exact) mass is 382 g/mol. The third-order valence-electron chi connectivity index (χ3n) is 5.14. The zero-order chi connectivity index (χ0) is 20.1. The van der Waals surface area contributed by atoms with Crippen molar-refractivity contribution >= 4 is 23.5 Å². The predicted molar refractivity (Wildman–Crippen MR) is 113 cm³/mol. The van der Waals surface area contributed by atoms with Gasteiger partial charge < -0.3 is 10.2 Å². The molecule has 1 heterocycles. The standard InChI is InChI=1S/C22H27FN4O/c1-15-6-7-19(10-16(15)2)24-14-22(28)26-25-13-18-12-20(23)21(11-17(18)3)27-8-4-5-9-27/h6-7,10-13,24H,4-5,8-9,14H2,1-3H3,(H,26,28). The fourth-order valence-corrected chi connectivity index (χ4v) is 3.27. The molecule has 1 aliphatic rings. The van der Waals surface area contributed by atoms with Crippen LogP contribution in [-0.2, 0) is 4.79 Å². The van der Waals surface area contributed by atoms with E-state index in [-0.39, 0.29) is 18.3 Å². The lowest BCUT2D eigenvalue weighted by Gasteiger charge is -2.19. The second-order valence-electron chi connectivity index (χ2n) is 7.30. The van der Waals surface area contributed by atoms with Crippen LogP contribution in [0.1, 0.15) is 35.1 Å². The summed E-state index contributed by atoms with van der Waals surface area (Å²) in [7, 11) is 0. The third-order valence-corrected chi connectivity index (χ3v) is 5.14. The number of amides is 1. The zero-order valence-electron chi connectivity index (χ0n) is 16.7. The van der Waals surface area contributed by atoms with Crippen molar-refractivity contribution in [2.75, 3.05) is 29.9 Å². The van der Waals surface area contributed by atoms with Gasteiger partial charge in [0.05, 0.1) is 18.4 Å². The fraction of sp³-hybridized carbons (Fsp3) is 0.364. The summed E-state index contributed by atoms with van der Waals surface area (Å²) in [5.74, 6) is -0.516. The Morgan fingerprint density at radius 1 is 1.11 bits per heavy atom. The number of anilines is 2. The highest BCUT2D eigenvalue weighted by Gasteiger charge is 2.17. The van der Waals surface area contributed by atoms with Gasteiger partial charge in [0.15, 0.2) is 0 Å². The lowest BCUT2D eigenvalue weighted by Crippen LogP contribution is -2.26. The average Bonchev–Trinajstić information content (AvgIpc) is 3.19. The molecule has 0 unspecified atom stereocenters. The van der Waals surface area contributed by atoms with Gasteiger partial charge in [-0.25, -0.2) is 9.82 Å².